The summed E-state index contributed by atoms with van der Waals surface area (Å²) >= 11 is 0. The zero-order chi connectivity index (χ0) is 11.8. The molecule has 0 aromatic carbocycles. The van der Waals surface area contributed by atoms with Gasteiger partial charge in [-0.2, -0.15) is 0 Å². The molecule has 3 rings (SSSR count). The molecule has 1 N–H and O–H groups in total. The molecule has 0 spiro atoms. The zero-order valence-corrected chi connectivity index (χ0v) is 10.9. The molecule has 92 valence electrons. The van der Waals surface area contributed by atoms with E-state index >= 15 is 0 Å². The van der Waals surface area contributed by atoms with Crippen LogP contribution in [0, 0.1) is 23.2 Å². The van der Waals surface area contributed by atoms with Crippen LogP contribution in [0.15, 0.2) is 0 Å². The first-order chi connectivity index (χ1) is 7.32. The minimum atomic E-state index is -0.869. The van der Waals surface area contributed by atoms with Gasteiger partial charge in [-0.15, -0.1) is 0 Å². The van der Waals surface area contributed by atoms with Gasteiger partial charge < -0.3 is 9.84 Å². The summed E-state index contributed by atoms with van der Waals surface area (Å²) < 4.78 is 6.14. The van der Waals surface area contributed by atoms with E-state index in [2.05, 4.69) is 27.7 Å². The maximum absolute atomic E-state index is 11.0. The minimum Gasteiger partial charge on any atom is -0.365 e. The van der Waals surface area contributed by atoms with Crippen LogP contribution < -0.4 is 0 Å². The highest BCUT2D eigenvalue weighted by molar-refractivity contribution is 5.17. The molecule has 2 aliphatic carbocycles. The summed E-state index contributed by atoms with van der Waals surface area (Å²) in [6.07, 6.45) is 4.94. The molecule has 2 nitrogen and oxygen atoms in total. The van der Waals surface area contributed by atoms with E-state index in [0.29, 0.717) is 11.8 Å². The van der Waals surface area contributed by atoms with E-state index in [1.807, 2.05) is 0 Å². The molecule has 2 saturated carbocycles. The Morgan fingerprint density at radius 3 is 2.56 bits per heavy atom. The molecule has 0 radical (unpaired) electrons. The maximum atomic E-state index is 11.0. The lowest BCUT2D eigenvalue weighted by molar-refractivity contribution is -0.263. The lowest BCUT2D eigenvalue weighted by Crippen LogP contribution is -2.48. The molecule has 0 unspecified atom stereocenters. The van der Waals surface area contributed by atoms with Crippen LogP contribution in [-0.4, -0.2) is 16.5 Å². The molecule has 5 atom stereocenters. The summed E-state index contributed by atoms with van der Waals surface area (Å²) in [5, 5.41) is 11.0. The second-order valence-electron chi connectivity index (χ2n) is 7.00. The van der Waals surface area contributed by atoms with E-state index in [9.17, 15) is 5.11 Å². The fourth-order valence-electron chi connectivity index (χ4n) is 5.23. The van der Waals surface area contributed by atoms with Crippen molar-refractivity contribution in [2.45, 2.75) is 64.8 Å². The van der Waals surface area contributed by atoms with Crippen molar-refractivity contribution in [3.8, 4) is 0 Å². The molecule has 1 saturated heterocycles. The fourth-order valence-corrected chi connectivity index (χ4v) is 5.23. The summed E-state index contributed by atoms with van der Waals surface area (Å²) in [5.74, 6) is 0.596. The number of rotatable bonds is 0. The van der Waals surface area contributed by atoms with Gasteiger partial charge in [-0.05, 0) is 44.9 Å². The topological polar surface area (TPSA) is 29.5 Å². The van der Waals surface area contributed by atoms with Crippen LogP contribution in [0.2, 0.25) is 0 Å². The number of hydrogen-bond donors (Lipinski definition) is 1. The first-order valence-corrected chi connectivity index (χ1v) is 6.75. The molecule has 2 heteroatoms. The second kappa shape index (κ2) is 2.84. The van der Waals surface area contributed by atoms with Crippen molar-refractivity contribution < 1.29 is 9.84 Å². The predicted octanol–water partition coefficient (Wildman–Crippen LogP) is 2.95. The summed E-state index contributed by atoms with van der Waals surface area (Å²) in [4.78, 5) is 0. The van der Waals surface area contributed by atoms with Crippen LogP contribution >= 0.6 is 0 Å². The highest BCUT2D eigenvalue weighted by atomic mass is 16.7. The molecular weight excluding hydrogens is 200 g/mol. The second-order valence-corrected chi connectivity index (χ2v) is 7.00. The third kappa shape index (κ3) is 0.971. The van der Waals surface area contributed by atoms with Crippen LogP contribution in [0.25, 0.3) is 0 Å². The van der Waals surface area contributed by atoms with Crippen LogP contribution in [-0.2, 0) is 4.74 Å². The first-order valence-electron chi connectivity index (χ1n) is 6.75. The number of aliphatic hydroxyl groups is 1. The van der Waals surface area contributed by atoms with E-state index in [0.717, 1.165) is 6.42 Å². The lowest BCUT2D eigenvalue weighted by atomic mass is 9.58. The Hall–Kier alpha value is -0.0800. The normalized spacial score (nSPS) is 58.7. The SMILES string of the molecule is C[C@H]1C[C@H]2CCC[C@H]3C(C)(C)O[C@]1(O)[C@@]23C. The Morgan fingerprint density at radius 1 is 1.19 bits per heavy atom. The number of ether oxygens (including phenoxy) is 1. The Bertz CT molecular complexity index is 325. The van der Waals surface area contributed by atoms with Crippen molar-refractivity contribution in [1.29, 1.82) is 0 Å². The minimum absolute atomic E-state index is 0.00579. The molecule has 0 amide bonds. The van der Waals surface area contributed by atoms with E-state index in [4.69, 9.17) is 4.74 Å². The van der Waals surface area contributed by atoms with Crippen molar-refractivity contribution in [3.05, 3.63) is 0 Å². The molecule has 3 aliphatic rings. The maximum Gasteiger partial charge on any atom is 0.174 e. The molecule has 1 heterocycles. The average molecular weight is 224 g/mol. The Morgan fingerprint density at radius 2 is 1.88 bits per heavy atom. The van der Waals surface area contributed by atoms with Crippen molar-refractivity contribution >= 4 is 0 Å². The fraction of sp³-hybridized carbons (Fsp3) is 1.00. The van der Waals surface area contributed by atoms with E-state index in [1.54, 1.807) is 0 Å². The van der Waals surface area contributed by atoms with Gasteiger partial charge in [-0.3, -0.25) is 0 Å². The van der Waals surface area contributed by atoms with Gasteiger partial charge in [0.25, 0.3) is 0 Å². The standard InChI is InChI=1S/C14H24O2/c1-9-8-10-6-5-7-11-12(2,3)16-14(9,15)13(10,11)4/h9-11,15H,5-8H2,1-4H3/t9-,10+,11-,13-,14-/m0/s1. The van der Waals surface area contributed by atoms with Gasteiger partial charge in [-0.25, -0.2) is 0 Å². The monoisotopic (exact) mass is 224 g/mol. The molecule has 0 bridgehead atoms. The summed E-state index contributed by atoms with van der Waals surface area (Å²) in [7, 11) is 0. The van der Waals surface area contributed by atoms with E-state index < -0.39 is 5.79 Å². The van der Waals surface area contributed by atoms with Gasteiger partial charge >= 0.3 is 0 Å². The zero-order valence-electron chi connectivity index (χ0n) is 10.9. The Balaban J connectivity index is 2.13. The molecule has 3 fully saturated rings. The molecule has 16 heavy (non-hydrogen) atoms. The largest absolute Gasteiger partial charge is 0.365 e. The van der Waals surface area contributed by atoms with Crippen LogP contribution in [0.1, 0.15) is 53.4 Å². The predicted molar refractivity (Wildman–Crippen MR) is 62.8 cm³/mol. The molecule has 0 aromatic heterocycles. The van der Waals surface area contributed by atoms with Crippen LogP contribution in [0.5, 0.6) is 0 Å². The van der Waals surface area contributed by atoms with Crippen LogP contribution in [0.3, 0.4) is 0 Å². The summed E-state index contributed by atoms with van der Waals surface area (Å²) in [5.41, 5.74) is -0.162. The molecule has 1 aliphatic heterocycles. The lowest BCUT2D eigenvalue weighted by Gasteiger charge is -2.44. The molecular formula is C14H24O2. The third-order valence-electron chi connectivity index (χ3n) is 5.95. The summed E-state index contributed by atoms with van der Waals surface area (Å²) in [6.45, 7) is 8.75. The van der Waals surface area contributed by atoms with Crippen molar-refractivity contribution in [3.63, 3.8) is 0 Å². The van der Waals surface area contributed by atoms with Crippen molar-refractivity contribution in [2.24, 2.45) is 23.2 Å². The van der Waals surface area contributed by atoms with Gasteiger partial charge in [0.2, 0.25) is 0 Å². The highest BCUT2D eigenvalue weighted by Crippen LogP contribution is 2.70. The highest BCUT2D eigenvalue weighted by Gasteiger charge is 2.73. The van der Waals surface area contributed by atoms with Gasteiger partial charge in [-0.1, -0.05) is 20.3 Å². The smallest absolute Gasteiger partial charge is 0.174 e. The van der Waals surface area contributed by atoms with Gasteiger partial charge in [0, 0.05) is 11.3 Å². The Kier molecular flexibility index (Phi) is 1.96. The number of hydrogen-bond acceptors (Lipinski definition) is 2. The first kappa shape index (κ1) is 11.0. The van der Waals surface area contributed by atoms with Crippen molar-refractivity contribution in [2.75, 3.05) is 0 Å². The Labute approximate surface area is 98.4 Å². The van der Waals surface area contributed by atoms with Crippen molar-refractivity contribution in [1.82, 2.24) is 0 Å². The summed E-state index contributed by atoms with van der Waals surface area (Å²) in [6, 6.07) is 0. The molecule has 0 aromatic rings. The van der Waals surface area contributed by atoms with E-state index in [-0.39, 0.29) is 16.9 Å². The average Bonchev–Trinajstić information content (AvgIpc) is 2.46. The van der Waals surface area contributed by atoms with Gasteiger partial charge in [0.05, 0.1) is 5.60 Å². The third-order valence-corrected chi connectivity index (χ3v) is 5.95. The van der Waals surface area contributed by atoms with Gasteiger partial charge in [0.1, 0.15) is 0 Å². The van der Waals surface area contributed by atoms with Gasteiger partial charge in [0.15, 0.2) is 5.79 Å². The van der Waals surface area contributed by atoms with E-state index in [1.165, 1.54) is 19.3 Å². The quantitative estimate of drug-likeness (QED) is 0.685. The van der Waals surface area contributed by atoms with Crippen LogP contribution in [0.4, 0.5) is 0 Å².